The number of nitrogens with one attached hydrogen (secondary N) is 1. The van der Waals surface area contributed by atoms with Crippen LogP contribution in [0.4, 0.5) is 0 Å². The molecule has 1 aliphatic heterocycles. The molecule has 1 spiro atoms. The van der Waals surface area contributed by atoms with Crippen molar-refractivity contribution >= 4 is 11.8 Å². The Kier molecular flexibility index (Phi) is 3.13. The molecule has 1 aromatic rings. The second-order valence-electron chi connectivity index (χ2n) is 6.01. The van der Waals surface area contributed by atoms with Crippen LogP contribution >= 0.6 is 0 Å². The first kappa shape index (κ1) is 12.4. The molecule has 0 bridgehead atoms. The molecule has 1 saturated carbocycles. The van der Waals surface area contributed by atoms with Crippen molar-refractivity contribution in [2.24, 2.45) is 5.41 Å². The highest BCUT2D eigenvalue weighted by atomic mass is 16.2. The Morgan fingerprint density at radius 1 is 0.947 bits per heavy atom. The van der Waals surface area contributed by atoms with E-state index in [2.05, 4.69) is 29.6 Å². The van der Waals surface area contributed by atoms with E-state index in [1.807, 2.05) is 6.07 Å². The molecule has 0 aromatic heterocycles. The third-order valence-electron chi connectivity index (χ3n) is 4.67. The van der Waals surface area contributed by atoms with Crippen molar-refractivity contribution in [3.8, 4) is 0 Å². The molecular formula is C16H19NO2. The van der Waals surface area contributed by atoms with E-state index in [-0.39, 0.29) is 17.2 Å². The van der Waals surface area contributed by atoms with E-state index in [1.54, 1.807) is 0 Å². The van der Waals surface area contributed by atoms with Crippen LogP contribution in [0.15, 0.2) is 30.3 Å². The molecule has 1 heterocycles. The smallest absolute Gasteiger partial charge is 0.227 e. The zero-order valence-electron chi connectivity index (χ0n) is 11.0. The highest BCUT2D eigenvalue weighted by molar-refractivity contribution is 5.98. The van der Waals surface area contributed by atoms with Gasteiger partial charge in [0.05, 0.1) is 0 Å². The highest BCUT2D eigenvalue weighted by Gasteiger charge is 2.42. The summed E-state index contributed by atoms with van der Waals surface area (Å²) in [4.78, 5) is 23.1. The molecule has 2 amide bonds. The number of rotatable bonds is 1. The lowest BCUT2D eigenvalue weighted by molar-refractivity contribution is -0.139. The van der Waals surface area contributed by atoms with Gasteiger partial charge in [-0.05, 0) is 42.6 Å². The number of piperidine rings is 1. The number of carbonyl (C=O) groups is 2. The van der Waals surface area contributed by atoms with Crippen LogP contribution in [0.5, 0.6) is 0 Å². The number of benzene rings is 1. The van der Waals surface area contributed by atoms with Crippen LogP contribution in [-0.4, -0.2) is 11.8 Å². The summed E-state index contributed by atoms with van der Waals surface area (Å²) in [5.41, 5.74) is 1.34. The maximum Gasteiger partial charge on any atom is 0.227 e. The average molecular weight is 257 g/mol. The van der Waals surface area contributed by atoms with E-state index in [1.165, 1.54) is 5.56 Å². The fraction of sp³-hybridized carbons (Fsp3) is 0.500. The van der Waals surface area contributed by atoms with Crippen LogP contribution in [0.25, 0.3) is 0 Å². The number of amides is 2. The SMILES string of the molecule is O=C1CC2(CCC(c3ccccc3)CC2)CC(=O)N1. The van der Waals surface area contributed by atoms with E-state index in [0.717, 1.165) is 25.7 Å². The summed E-state index contributed by atoms with van der Waals surface area (Å²) in [6.45, 7) is 0. The minimum absolute atomic E-state index is 0.0509. The highest BCUT2D eigenvalue weighted by Crippen LogP contribution is 2.48. The standard InChI is InChI=1S/C16H19NO2/c18-14-10-16(11-15(19)17-14)8-6-13(7-9-16)12-4-2-1-3-5-12/h1-5,13H,6-11H2,(H,17,18,19). The first-order chi connectivity index (χ1) is 9.17. The van der Waals surface area contributed by atoms with Gasteiger partial charge in [0.2, 0.25) is 11.8 Å². The van der Waals surface area contributed by atoms with Gasteiger partial charge in [0.1, 0.15) is 0 Å². The Bertz CT molecular complexity index is 469. The largest absolute Gasteiger partial charge is 0.296 e. The lowest BCUT2D eigenvalue weighted by atomic mass is 9.64. The summed E-state index contributed by atoms with van der Waals surface area (Å²) in [6.07, 6.45) is 5.22. The van der Waals surface area contributed by atoms with Crippen molar-refractivity contribution in [1.29, 1.82) is 0 Å². The minimum Gasteiger partial charge on any atom is -0.296 e. The fourth-order valence-electron chi connectivity index (χ4n) is 3.63. The Labute approximate surface area is 113 Å². The van der Waals surface area contributed by atoms with Crippen LogP contribution in [-0.2, 0) is 9.59 Å². The molecule has 1 saturated heterocycles. The van der Waals surface area contributed by atoms with Crippen LogP contribution in [0.1, 0.15) is 50.0 Å². The molecule has 3 rings (SSSR count). The van der Waals surface area contributed by atoms with Gasteiger partial charge in [-0.1, -0.05) is 30.3 Å². The zero-order valence-corrected chi connectivity index (χ0v) is 11.0. The van der Waals surface area contributed by atoms with Gasteiger partial charge in [-0.25, -0.2) is 0 Å². The Balaban J connectivity index is 1.69. The monoisotopic (exact) mass is 257 g/mol. The minimum atomic E-state index is -0.0885. The number of hydrogen-bond donors (Lipinski definition) is 1. The molecule has 0 atom stereocenters. The molecule has 3 nitrogen and oxygen atoms in total. The normalized spacial score (nSPS) is 23.4. The zero-order chi connectivity index (χ0) is 13.3. The maximum atomic E-state index is 11.6. The van der Waals surface area contributed by atoms with E-state index >= 15 is 0 Å². The molecular weight excluding hydrogens is 238 g/mol. The van der Waals surface area contributed by atoms with Gasteiger partial charge >= 0.3 is 0 Å². The third kappa shape index (κ3) is 2.55. The quantitative estimate of drug-likeness (QED) is 0.786. The van der Waals surface area contributed by atoms with Crippen molar-refractivity contribution in [2.75, 3.05) is 0 Å². The van der Waals surface area contributed by atoms with E-state index in [4.69, 9.17) is 0 Å². The molecule has 100 valence electrons. The van der Waals surface area contributed by atoms with Gasteiger partial charge in [-0.15, -0.1) is 0 Å². The van der Waals surface area contributed by atoms with Crippen LogP contribution in [0, 0.1) is 5.41 Å². The van der Waals surface area contributed by atoms with E-state index in [9.17, 15) is 9.59 Å². The first-order valence-electron chi connectivity index (χ1n) is 7.05. The predicted octanol–water partition coefficient (Wildman–Crippen LogP) is 2.77. The molecule has 1 aromatic carbocycles. The van der Waals surface area contributed by atoms with Gasteiger partial charge in [0.25, 0.3) is 0 Å². The second kappa shape index (κ2) is 4.80. The second-order valence-corrected chi connectivity index (χ2v) is 6.01. The number of carbonyl (C=O) groups excluding carboxylic acids is 2. The van der Waals surface area contributed by atoms with Gasteiger partial charge in [-0.3, -0.25) is 14.9 Å². The molecule has 19 heavy (non-hydrogen) atoms. The molecule has 0 unspecified atom stereocenters. The molecule has 2 aliphatic rings. The third-order valence-corrected chi connectivity index (χ3v) is 4.67. The van der Waals surface area contributed by atoms with E-state index in [0.29, 0.717) is 18.8 Å². The van der Waals surface area contributed by atoms with Gasteiger partial charge in [0.15, 0.2) is 0 Å². The lowest BCUT2D eigenvalue weighted by Crippen LogP contribution is -2.46. The van der Waals surface area contributed by atoms with E-state index < -0.39 is 0 Å². The number of hydrogen-bond acceptors (Lipinski definition) is 2. The fourth-order valence-corrected chi connectivity index (χ4v) is 3.63. The topological polar surface area (TPSA) is 46.2 Å². The molecule has 2 fully saturated rings. The molecule has 3 heteroatoms. The Hall–Kier alpha value is -1.64. The Morgan fingerprint density at radius 3 is 2.11 bits per heavy atom. The van der Waals surface area contributed by atoms with Crippen LogP contribution in [0.2, 0.25) is 0 Å². The summed E-state index contributed by atoms with van der Waals surface area (Å²) < 4.78 is 0. The summed E-state index contributed by atoms with van der Waals surface area (Å²) >= 11 is 0. The summed E-state index contributed by atoms with van der Waals surface area (Å²) in [6, 6.07) is 10.6. The molecule has 0 radical (unpaired) electrons. The molecule has 1 N–H and O–H groups in total. The predicted molar refractivity (Wildman–Crippen MR) is 72.5 cm³/mol. The van der Waals surface area contributed by atoms with Crippen molar-refractivity contribution in [3.63, 3.8) is 0 Å². The van der Waals surface area contributed by atoms with Crippen molar-refractivity contribution in [1.82, 2.24) is 5.32 Å². The number of imide groups is 1. The summed E-state index contributed by atoms with van der Waals surface area (Å²) in [5.74, 6) is 0.413. The Morgan fingerprint density at radius 2 is 1.53 bits per heavy atom. The van der Waals surface area contributed by atoms with Crippen molar-refractivity contribution in [3.05, 3.63) is 35.9 Å². The van der Waals surface area contributed by atoms with Gasteiger partial charge < -0.3 is 0 Å². The van der Waals surface area contributed by atoms with Gasteiger partial charge in [-0.2, -0.15) is 0 Å². The van der Waals surface area contributed by atoms with Crippen LogP contribution < -0.4 is 5.32 Å². The summed E-state index contributed by atoms with van der Waals surface area (Å²) in [7, 11) is 0. The van der Waals surface area contributed by atoms with Gasteiger partial charge in [0, 0.05) is 12.8 Å². The summed E-state index contributed by atoms with van der Waals surface area (Å²) in [5, 5.41) is 2.42. The molecule has 1 aliphatic carbocycles. The average Bonchev–Trinajstić information content (AvgIpc) is 2.39. The first-order valence-corrected chi connectivity index (χ1v) is 7.05. The maximum absolute atomic E-state index is 11.6. The van der Waals surface area contributed by atoms with Crippen LogP contribution in [0.3, 0.4) is 0 Å². The van der Waals surface area contributed by atoms with Crippen molar-refractivity contribution < 1.29 is 9.59 Å². The van der Waals surface area contributed by atoms with Crippen molar-refractivity contribution in [2.45, 2.75) is 44.4 Å². The lowest BCUT2D eigenvalue weighted by Gasteiger charge is -2.41.